The molecule has 0 aliphatic rings. The number of hydrogen-bond acceptors (Lipinski definition) is 5. The lowest BCUT2D eigenvalue weighted by Gasteiger charge is -2.25. The highest BCUT2D eigenvalue weighted by Gasteiger charge is 2.27. The van der Waals surface area contributed by atoms with Crippen LogP contribution in [0, 0.1) is 0 Å². The van der Waals surface area contributed by atoms with E-state index in [9.17, 15) is 19.4 Å². The van der Waals surface area contributed by atoms with Crippen molar-refractivity contribution in [1.82, 2.24) is 5.32 Å². The van der Waals surface area contributed by atoms with Gasteiger partial charge in [0.15, 0.2) is 0 Å². The van der Waals surface area contributed by atoms with Crippen molar-refractivity contribution >= 4 is 13.7 Å². The SMILES string of the molecule is CCCCCCC/C=C\C/C=C\C/C=C\CCCCCCCCCCC(=O)NC(COP(=O)(O)OCC[N+](C)(C)C)C(O)/C=C/CCCCCCCCCCC. The minimum Gasteiger partial charge on any atom is -0.387 e. The summed E-state index contributed by atoms with van der Waals surface area (Å²) >= 11 is 0. The molecule has 0 fully saturated rings. The van der Waals surface area contributed by atoms with Crippen LogP contribution >= 0.6 is 7.82 Å². The molecule has 328 valence electrons. The molecule has 3 atom stereocenters. The van der Waals surface area contributed by atoms with Crippen molar-refractivity contribution in [2.75, 3.05) is 40.9 Å². The Morgan fingerprint density at radius 3 is 1.48 bits per heavy atom. The van der Waals surface area contributed by atoms with Crippen LogP contribution in [0.4, 0.5) is 0 Å². The Kier molecular flexibility index (Phi) is 37.9. The number of rotatable bonds is 41. The summed E-state index contributed by atoms with van der Waals surface area (Å²) < 4.78 is 23.5. The van der Waals surface area contributed by atoms with Gasteiger partial charge >= 0.3 is 7.82 Å². The van der Waals surface area contributed by atoms with E-state index in [0.717, 1.165) is 57.8 Å². The molecule has 56 heavy (non-hydrogen) atoms. The molecular formula is C47H90N2O6P+. The highest BCUT2D eigenvalue weighted by molar-refractivity contribution is 7.47. The molecule has 1 amide bonds. The molecule has 3 N–H and O–H groups in total. The molecule has 0 aliphatic carbocycles. The lowest BCUT2D eigenvalue weighted by atomic mass is 10.1. The smallest absolute Gasteiger partial charge is 0.387 e. The number of quaternary nitrogens is 1. The number of likely N-dealkylation sites (N-methyl/N-ethyl adjacent to an activating group) is 1. The Balaban J connectivity index is 4.31. The van der Waals surface area contributed by atoms with E-state index in [1.807, 2.05) is 27.2 Å². The van der Waals surface area contributed by atoms with E-state index in [2.05, 4.69) is 55.6 Å². The van der Waals surface area contributed by atoms with Crippen LogP contribution in [-0.2, 0) is 18.4 Å². The Labute approximate surface area is 346 Å². The summed E-state index contributed by atoms with van der Waals surface area (Å²) in [5.41, 5.74) is 0. The van der Waals surface area contributed by atoms with Gasteiger partial charge < -0.3 is 19.8 Å². The number of phosphoric acid groups is 1. The van der Waals surface area contributed by atoms with Gasteiger partial charge in [-0.1, -0.05) is 178 Å². The lowest BCUT2D eigenvalue weighted by molar-refractivity contribution is -0.870. The molecule has 0 rings (SSSR count). The second-order valence-electron chi connectivity index (χ2n) is 16.8. The van der Waals surface area contributed by atoms with Crippen molar-refractivity contribution in [2.24, 2.45) is 0 Å². The quantitative estimate of drug-likeness (QED) is 0.0246. The van der Waals surface area contributed by atoms with Gasteiger partial charge in [-0.3, -0.25) is 13.8 Å². The van der Waals surface area contributed by atoms with Crippen LogP contribution in [-0.4, -0.2) is 73.4 Å². The molecule has 0 aromatic carbocycles. The maximum Gasteiger partial charge on any atom is 0.472 e. The van der Waals surface area contributed by atoms with Crippen LogP contribution in [0.3, 0.4) is 0 Å². The zero-order valence-corrected chi connectivity index (χ0v) is 38.0. The fourth-order valence-electron chi connectivity index (χ4n) is 6.34. The maximum absolute atomic E-state index is 12.9. The van der Waals surface area contributed by atoms with Crippen LogP contribution in [0.2, 0.25) is 0 Å². The first kappa shape index (κ1) is 54.5. The Hall–Kier alpha value is -1.54. The average Bonchev–Trinajstić information content (AvgIpc) is 3.15. The number of nitrogens with zero attached hydrogens (tertiary/aromatic N) is 1. The molecule has 0 aromatic rings. The van der Waals surface area contributed by atoms with Crippen LogP contribution in [0.5, 0.6) is 0 Å². The molecule has 9 heteroatoms. The van der Waals surface area contributed by atoms with Gasteiger partial charge in [0.05, 0.1) is 39.9 Å². The molecule has 0 bridgehead atoms. The summed E-state index contributed by atoms with van der Waals surface area (Å²) in [5, 5.41) is 13.8. The molecule has 0 aromatic heterocycles. The van der Waals surface area contributed by atoms with E-state index in [1.54, 1.807) is 6.08 Å². The second-order valence-corrected chi connectivity index (χ2v) is 18.2. The van der Waals surface area contributed by atoms with Crippen molar-refractivity contribution < 1.29 is 32.9 Å². The zero-order chi connectivity index (χ0) is 41.4. The number of unbranched alkanes of at least 4 members (excludes halogenated alkanes) is 22. The first-order valence-corrected chi connectivity index (χ1v) is 24.5. The summed E-state index contributed by atoms with van der Waals surface area (Å²) in [4.78, 5) is 23.1. The van der Waals surface area contributed by atoms with Gasteiger partial charge in [0.1, 0.15) is 13.2 Å². The molecule has 0 heterocycles. The molecular weight excluding hydrogens is 719 g/mol. The topological polar surface area (TPSA) is 105 Å². The third-order valence-corrected chi connectivity index (χ3v) is 11.0. The Morgan fingerprint density at radius 1 is 0.607 bits per heavy atom. The van der Waals surface area contributed by atoms with Crippen LogP contribution in [0.1, 0.15) is 194 Å². The fraction of sp³-hybridized carbons (Fsp3) is 0.809. The zero-order valence-electron chi connectivity index (χ0n) is 37.1. The number of nitrogens with one attached hydrogen (secondary N) is 1. The number of allylic oxidation sites excluding steroid dienone is 7. The molecule has 0 spiro atoms. The van der Waals surface area contributed by atoms with E-state index in [4.69, 9.17) is 9.05 Å². The third-order valence-electron chi connectivity index (χ3n) is 10.0. The third kappa shape index (κ3) is 40.6. The van der Waals surface area contributed by atoms with Gasteiger partial charge in [-0.05, 0) is 57.8 Å². The van der Waals surface area contributed by atoms with Gasteiger partial charge in [0.2, 0.25) is 5.91 Å². The average molecular weight is 810 g/mol. The van der Waals surface area contributed by atoms with Crippen LogP contribution in [0.25, 0.3) is 0 Å². The summed E-state index contributed by atoms with van der Waals surface area (Å²) in [6.45, 7) is 4.77. The predicted octanol–water partition coefficient (Wildman–Crippen LogP) is 12.9. The first-order chi connectivity index (χ1) is 27.0. The van der Waals surface area contributed by atoms with Crippen molar-refractivity contribution in [3.63, 3.8) is 0 Å². The number of carbonyl (C=O) groups is 1. The summed E-state index contributed by atoms with van der Waals surface area (Å²) in [5.74, 6) is -0.187. The van der Waals surface area contributed by atoms with Gasteiger partial charge in [0.25, 0.3) is 0 Å². The number of phosphoric ester groups is 1. The number of carbonyl (C=O) groups excluding carboxylic acids is 1. The van der Waals surface area contributed by atoms with Gasteiger partial charge in [-0.15, -0.1) is 0 Å². The van der Waals surface area contributed by atoms with E-state index >= 15 is 0 Å². The van der Waals surface area contributed by atoms with E-state index in [1.165, 1.54) is 116 Å². The molecule has 3 unspecified atom stereocenters. The van der Waals surface area contributed by atoms with Crippen LogP contribution in [0.15, 0.2) is 48.6 Å². The lowest BCUT2D eigenvalue weighted by Crippen LogP contribution is -2.45. The number of hydrogen-bond donors (Lipinski definition) is 3. The largest absolute Gasteiger partial charge is 0.472 e. The first-order valence-electron chi connectivity index (χ1n) is 23.0. The maximum atomic E-state index is 12.9. The highest BCUT2D eigenvalue weighted by atomic mass is 31.2. The van der Waals surface area contributed by atoms with Crippen molar-refractivity contribution in [3.05, 3.63) is 48.6 Å². The van der Waals surface area contributed by atoms with E-state index in [-0.39, 0.29) is 19.1 Å². The minimum atomic E-state index is -4.34. The molecule has 0 saturated heterocycles. The van der Waals surface area contributed by atoms with Gasteiger partial charge in [0, 0.05) is 6.42 Å². The second kappa shape index (κ2) is 38.9. The molecule has 8 nitrogen and oxygen atoms in total. The molecule has 0 saturated carbocycles. The van der Waals surface area contributed by atoms with Gasteiger partial charge in [-0.2, -0.15) is 0 Å². The fourth-order valence-corrected chi connectivity index (χ4v) is 7.08. The van der Waals surface area contributed by atoms with E-state index < -0.39 is 20.0 Å². The van der Waals surface area contributed by atoms with Crippen molar-refractivity contribution in [3.8, 4) is 0 Å². The van der Waals surface area contributed by atoms with Crippen molar-refractivity contribution in [2.45, 2.75) is 206 Å². The highest BCUT2D eigenvalue weighted by Crippen LogP contribution is 2.43. The summed E-state index contributed by atoms with van der Waals surface area (Å²) in [6, 6.07) is -0.849. The van der Waals surface area contributed by atoms with Crippen molar-refractivity contribution in [1.29, 1.82) is 0 Å². The standard InChI is InChI=1S/C47H89N2O6P/c1-6-8-10-12-14-16-18-19-20-21-22-23-24-25-26-27-28-29-31-33-35-37-39-41-47(51)48-45(44-55-56(52,53)54-43-42-49(3,4)5)46(50)40-38-36-34-32-30-17-15-13-11-9-7-2/h18-19,21-22,24-25,38,40,45-46,50H,6-17,20,23,26-37,39,41-44H2,1-5H3,(H-,48,51,52,53)/p+1/b19-18-,22-21-,25-24-,40-38+. The number of amides is 1. The summed E-state index contributed by atoms with van der Waals surface area (Å²) in [7, 11) is 1.56. The predicted molar refractivity (Wildman–Crippen MR) is 240 cm³/mol. The normalized spacial score (nSPS) is 14.8. The molecule has 0 radical (unpaired) electrons. The number of aliphatic hydroxyl groups is 1. The summed E-state index contributed by atoms with van der Waals surface area (Å²) in [6.07, 6.45) is 48.9. The molecule has 0 aliphatic heterocycles. The van der Waals surface area contributed by atoms with Crippen LogP contribution < -0.4 is 5.32 Å². The minimum absolute atomic E-state index is 0.0584. The Morgan fingerprint density at radius 2 is 1.02 bits per heavy atom. The number of aliphatic hydroxyl groups excluding tert-OH is 1. The van der Waals surface area contributed by atoms with E-state index in [0.29, 0.717) is 17.4 Å². The van der Waals surface area contributed by atoms with Gasteiger partial charge in [-0.25, -0.2) is 4.57 Å². The monoisotopic (exact) mass is 810 g/mol. The Bertz CT molecular complexity index is 1050.